The fourth-order valence-corrected chi connectivity index (χ4v) is 2.12. The lowest BCUT2D eigenvalue weighted by molar-refractivity contribution is 0.542. The zero-order chi connectivity index (χ0) is 17.8. The highest BCUT2D eigenvalue weighted by molar-refractivity contribution is 7.92. The molecular formula is C16H26FN3O2S. The minimum absolute atomic E-state index is 0.169. The summed E-state index contributed by atoms with van der Waals surface area (Å²) >= 11 is 0. The van der Waals surface area contributed by atoms with Gasteiger partial charge in [0.2, 0.25) is 0 Å². The number of benzene rings is 1. The summed E-state index contributed by atoms with van der Waals surface area (Å²) in [6.07, 6.45) is 1.21. The predicted molar refractivity (Wildman–Crippen MR) is 93.0 cm³/mol. The first kappa shape index (κ1) is 19.4. The van der Waals surface area contributed by atoms with Crippen LogP contribution in [0.5, 0.6) is 0 Å². The van der Waals surface area contributed by atoms with Gasteiger partial charge >= 0.3 is 0 Å². The summed E-state index contributed by atoms with van der Waals surface area (Å²) in [5, 5.41) is 6.14. The molecule has 7 heteroatoms. The van der Waals surface area contributed by atoms with Crippen LogP contribution in [-0.2, 0) is 9.84 Å². The lowest BCUT2D eigenvalue weighted by atomic mass is 10.1. The van der Waals surface area contributed by atoms with Crippen molar-refractivity contribution in [3.05, 3.63) is 35.1 Å². The molecule has 0 saturated heterocycles. The molecule has 0 heterocycles. The van der Waals surface area contributed by atoms with Gasteiger partial charge in [0.25, 0.3) is 0 Å². The Balaban J connectivity index is 2.75. The second-order valence-electron chi connectivity index (χ2n) is 6.33. The Bertz CT molecular complexity index is 685. The van der Waals surface area contributed by atoms with Crippen LogP contribution in [0, 0.1) is 12.7 Å². The molecule has 0 aliphatic heterocycles. The van der Waals surface area contributed by atoms with E-state index in [-0.39, 0.29) is 18.4 Å². The van der Waals surface area contributed by atoms with Crippen molar-refractivity contribution >= 4 is 15.8 Å². The number of nitrogens with one attached hydrogen (secondary N) is 2. The number of aryl methyl sites for hydroxylation is 1. The molecule has 1 unspecified atom stereocenters. The average Bonchev–Trinajstić information content (AvgIpc) is 2.44. The van der Waals surface area contributed by atoms with E-state index < -0.39 is 14.6 Å². The molecule has 1 aromatic carbocycles. The number of hydrogen-bond acceptors (Lipinski definition) is 3. The van der Waals surface area contributed by atoms with Crippen molar-refractivity contribution < 1.29 is 12.8 Å². The number of rotatable bonds is 5. The van der Waals surface area contributed by atoms with Crippen molar-refractivity contribution in [1.82, 2.24) is 10.6 Å². The number of halogens is 1. The van der Waals surface area contributed by atoms with Gasteiger partial charge in [0.15, 0.2) is 15.8 Å². The van der Waals surface area contributed by atoms with Crippen LogP contribution < -0.4 is 10.6 Å². The van der Waals surface area contributed by atoms with Crippen LogP contribution in [-0.4, -0.2) is 39.0 Å². The van der Waals surface area contributed by atoms with E-state index in [1.54, 1.807) is 33.9 Å². The molecule has 1 rings (SSSR count). The van der Waals surface area contributed by atoms with Gasteiger partial charge in [-0.2, -0.15) is 0 Å². The van der Waals surface area contributed by atoms with E-state index in [0.717, 1.165) is 5.56 Å². The Morgan fingerprint density at radius 2 is 2.00 bits per heavy atom. The molecular weight excluding hydrogens is 317 g/mol. The second kappa shape index (κ2) is 7.29. The monoisotopic (exact) mass is 343 g/mol. The highest BCUT2D eigenvalue weighted by Crippen LogP contribution is 2.16. The summed E-state index contributed by atoms with van der Waals surface area (Å²) in [6, 6.07) is 4.90. The molecule has 5 nitrogen and oxygen atoms in total. The maximum Gasteiger partial charge on any atom is 0.191 e. The number of hydrogen-bond donors (Lipinski definition) is 2. The first-order valence-electron chi connectivity index (χ1n) is 7.41. The Morgan fingerprint density at radius 1 is 1.39 bits per heavy atom. The summed E-state index contributed by atoms with van der Waals surface area (Å²) in [4.78, 5) is 4.08. The van der Waals surface area contributed by atoms with Crippen molar-refractivity contribution in [2.75, 3.05) is 19.8 Å². The maximum atomic E-state index is 13.7. The van der Waals surface area contributed by atoms with Gasteiger partial charge < -0.3 is 10.6 Å². The van der Waals surface area contributed by atoms with E-state index in [1.165, 1.54) is 12.3 Å². The molecule has 0 spiro atoms. The number of aliphatic imine (C=N–C) groups is 1. The van der Waals surface area contributed by atoms with Crippen molar-refractivity contribution in [2.45, 2.75) is 38.5 Å². The van der Waals surface area contributed by atoms with E-state index in [0.29, 0.717) is 11.5 Å². The fraction of sp³-hybridized carbons (Fsp3) is 0.562. The Morgan fingerprint density at radius 3 is 2.48 bits per heavy atom. The van der Waals surface area contributed by atoms with Gasteiger partial charge in [-0.1, -0.05) is 12.1 Å². The van der Waals surface area contributed by atoms with Gasteiger partial charge in [0, 0.05) is 19.8 Å². The molecule has 1 atom stereocenters. The van der Waals surface area contributed by atoms with E-state index in [2.05, 4.69) is 15.6 Å². The normalized spacial score (nSPS) is 14.5. The summed E-state index contributed by atoms with van der Waals surface area (Å²) in [5.74, 6) is 0.215. The lowest BCUT2D eigenvalue weighted by Crippen LogP contribution is -2.48. The third-order valence-corrected chi connectivity index (χ3v) is 6.11. The van der Waals surface area contributed by atoms with Gasteiger partial charge in [0.05, 0.1) is 10.8 Å². The predicted octanol–water partition coefficient (Wildman–Crippen LogP) is 2.18. The Hall–Kier alpha value is -1.63. The molecule has 1 aromatic rings. The Kier molecular flexibility index (Phi) is 6.16. The molecule has 0 saturated carbocycles. The lowest BCUT2D eigenvalue weighted by Gasteiger charge is -2.25. The van der Waals surface area contributed by atoms with Gasteiger partial charge in [-0.05, 0) is 44.9 Å². The van der Waals surface area contributed by atoms with Crippen molar-refractivity contribution in [3.63, 3.8) is 0 Å². The quantitative estimate of drug-likeness (QED) is 0.635. The molecule has 0 aliphatic carbocycles. The van der Waals surface area contributed by atoms with E-state index in [4.69, 9.17) is 0 Å². The number of sulfone groups is 1. The molecule has 0 amide bonds. The van der Waals surface area contributed by atoms with E-state index in [1.807, 2.05) is 13.0 Å². The molecule has 23 heavy (non-hydrogen) atoms. The maximum absolute atomic E-state index is 13.7. The van der Waals surface area contributed by atoms with Gasteiger partial charge in [0.1, 0.15) is 5.82 Å². The second-order valence-corrected chi connectivity index (χ2v) is 8.98. The van der Waals surface area contributed by atoms with Gasteiger partial charge in [-0.25, -0.2) is 12.8 Å². The van der Waals surface area contributed by atoms with Crippen molar-refractivity contribution in [2.24, 2.45) is 4.99 Å². The van der Waals surface area contributed by atoms with Crippen molar-refractivity contribution in [3.8, 4) is 0 Å². The minimum Gasteiger partial charge on any atom is -0.355 e. The summed E-state index contributed by atoms with van der Waals surface area (Å²) in [7, 11) is -1.59. The zero-order valence-electron chi connectivity index (χ0n) is 14.6. The van der Waals surface area contributed by atoms with Crippen LogP contribution in [0.2, 0.25) is 0 Å². The molecule has 0 radical (unpaired) electrons. The zero-order valence-corrected chi connectivity index (χ0v) is 15.4. The van der Waals surface area contributed by atoms with Crippen LogP contribution in [0.25, 0.3) is 0 Å². The van der Waals surface area contributed by atoms with E-state index >= 15 is 0 Å². The first-order valence-corrected chi connectivity index (χ1v) is 9.30. The molecule has 0 bridgehead atoms. The molecule has 2 N–H and O–H groups in total. The highest BCUT2D eigenvalue weighted by atomic mass is 32.2. The average molecular weight is 343 g/mol. The first-order chi connectivity index (χ1) is 10.5. The number of guanidine groups is 1. The van der Waals surface area contributed by atoms with E-state index in [9.17, 15) is 12.8 Å². The Labute approximate surface area is 138 Å². The van der Waals surface area contributed by atoms with Crippen LogP contribution in [0.4, 0.5) is 4.39 Å². The third-order valence-electron chi connectivity index (χ3n) is 3.96. The molecule has 130 valence electrons. The summed E-state index contributed by atoms with van der Waals surface area (Å²) in [5.41, 5.74) is 1.39. The molecule has 0 aliphatic rings. The third kappa shape index (κ3) is 5.20. The van der Waals surface area contributed by atoms with Crippen molar-refractivity contribution in [1.29, 1.82) is 0 Å². The SMILES string of the molecule is CN=C(NCC(C)(C)S(C)(=O)=O)NC(C)c1ccc(C)c(F)c1. The van der Waals surface area contributed by atoms with Crippen LogP contribution >= 0.6 is 0 Å². The standard InChI is InChI=1S/C16H26FN3O2S/c1-11-7-8-13(9-14(11)17)12(2)20-15(18-5)19-10-16(3,4)23(6,21)22/h7-9,12H,10H2,1-6H3,(H2,18,19,20). The summed E-state index contributed by atoms with van der Waals surface area (Å²) < 4.78 is 36.2. The summed E-state index contributed by atoms with van der Waals surface area (Å²) in [6.45, 7) is 7.13. The van der Waals surface area contributed by atoms with Gasteiger partial charge in [-0.3, -0.25) is 4.99 Å². The smallest absolute Gasteiger partial charge is 0.191 e. The van der Waals surface area contributed by atoms with Crippen LogP contribution in [0.3, 0.4) is 0 Å². The van der Waals surface area contributed by atoms with Gasteiger partial charge in [-0.15, -0.1) is 0 Å². The van der Waals surface area contributed by atoms with Crippen LogP contribution in [0.1, 0.15) is 37.9 Å². The van der Waals surface area contributed by atoms with Crippen LogP contribution in [0.15, 0.2) is 23.2 Å². The number of nitrogens with zero attached hydrogens (tertiary/aromatic N) is 1. The topological polar surface area (TPSA) is 70.6 Å². The largest absolute Gasteiger partial charge is 0.355 e. The highest BCUT2D eigenvalue weighted by Gasteiger charge is 2.30. The molecule has 0 aromatic heterocycles. The minimum atomic E-state index is -3.19. The molecule has 0 fully saturated rings. The fourth-order valence-electron chi connectivity index (χ4n) is 1.79.